The number of nitrogens with zero attached hydrogens (tertiary/aromatic N) is 2. The Labute approximate surface area is 166 Å². The first-order valence-corrected chi connectivity index (χ1v) is 9.83. The Morgan fingerprint density at radius 1 is 1.20 bits per heavy atom. The van der Waals surface area contributed by atoms with Crippen LogP contribution >= 0.6 is 40.3 Å². The standard InChI is InChI=1S/C7H6F2.C6H8BrN3S.C4H10S/c1-5-2-6(8)4-7(9)3-5;1-11-6-9-3-4(7)5(2-8)10-6;1-4(2,3)5/h2-4H,1H3;3H,2,8H2,1H3;5H,1-3H3. The third kappa shape index (κ3) is 13.2. The molecule has 0 aliphatic carbocycles. The van der Waals surface area contributed by atoms with Crippen molar-refractivity contribution in [3.63, 3.8) is 0 Å². The number of halogens is 3. The van der Waals surface area contributed by atoms with Gasteiger partial charge in [-0.2, -0.15) is 12.6 Å². The highest BCUT2D eigenvalue weighted by Crippen LogP contribution is 2.16. The second-order valence-electron chi connectivity index (χ2n) is 5.97. The summed E-state index contributed by atoms with van der Waals surface area (Å²) in [6.45, 7) is 8.24. The van der Waals surface area contributed by atoms with E-state index in [0.717, 1.165) is 21.4 Å². The minimum absolute atomic E-state index is 0.194. The van der Waals surface area contributed by atoms with Crippen LogP contribution < -0.4 is 5.73 Å². The lowest BCUT2D eigenvalue weighted by molar-refractivity contribution is 0.581. The highest BCUT2D eigenvalue weighted by atomic mass is 79.9. The van der Waals surface area contributed by atoms with Gasteiger partial charge in [-0.1, -0.05) is 32.5 Å². The van der Waals surface area contributed by atoms with Crippen LogP contribution in [0, 0.1) is 18.6 Å². The lowest BCUT2D eigenvalue weighted by atomic mass is 10.2. The molecule has 0 fully saturated rings. The minimum atomic E-state index is -0.521. The van der Waals surface area contributed by atoms with Gasteiger partial charge in [0.25, 0.3) is 0 Å². The van der Waals surface area contributed by atoms with E-state index in [-0.39, 0.29) is 4.75 Å². The van der Waals surface area contributed by atoms with Gasteiger partial charge in [0, 0.05) is 23.6 Å². The summed E-state index contributed by atoms with van der Waals surface area (Å²) in [6.07, 6.45) is 3.66. The van der Waals surface area contributed by atoms with E-state index in [9.17, 15) is 8.78 Å². The number of nitrogens with two attached hydrogens (primary N) is 1. The molecule has 1 heterocycles. The van der Waals surface area contributed by atoms with E-state index in [4.69, 9.17) is 5.73 Å². The smallest absolute Gasteiger partial charge is 0.187 e. The Morgan fingerprint density at radius 3 is 2.04 bits per heavy atom. The van der Waals surface area contributed by atoms with Crippen molar-refractivity contribution in [2.45, 2.75) is 44.1 Å². The van der Waals surface area contributed by atoms with Crippen LogP contribution in [0.5, 0.6) is 0 Å². The van der Waals surface area contributed by atoms with E-state index in [1.807, 2.05) is 6.26 Å². The van der Waals surface area contributed by atoms with Crippen molar-refractivity contribution in [1.82, 2.24) is 9.97 Å². The van der Waals surface area contributed by atoms with E-state index in [2.05, 4.69) is 59.3 Å². The van der Waals surface area contributed by atoms with Crippen LogP contribution in [0.3, 0.4) is 0 Å². The molecule has 0 atom stereocenters. The Morgan fingerprint density at radius 2 is 1.68 bits per heavy atom. The zero-order valence-electron chi connectivity index (χ0n) is 15.0. The minimum Gasteiger partial charge on any atom is -0.325 e. The molecule has 2 N–H and O–H groups in total. The topological polar surface area (TPSA) is 51.8 Å². The SMILES string of the molecule is CC(C)(C)S.CSc1ncc(Br)c(CN)n1.Cc1cc(F)cc(F)c1. The fraction of sp³-hybridized carbons (Fsp3) is 0.412. The maximum atomic E-state index is 12.2. The normalized spacial score (nSPS) is 10.3. The number of benzene rings is 1. The van der Waals surface area contributed by atoms with E-state index in [1.54, 1.807) is 13.1 Å². The summed E-state index contributed by atoms with van der Waals surface area (Å²) in [6, 6.07) is 3.42. The molecule has 1 aromatic carbocycles. The summed E-state index contributed by atoms with van der Waals surface area (Å²) >= 11 is 8.94. The monoisotopic (exact) mass is 451 g/mol. The average Bonchev–Trinajstić information content (AvgIpc) is 2.45. The van der Waals surface area contributed by atoms with Crippen molar-refractivity contribution in [2.24, 2.45) is 5.73 Å². The molecule has 0 unspecified atom stereocenters. The molecule has 0 saturated carbocycles. The average molecular weight is 452 g/mol. The predicted molar refractivity (Wildman–Crippen MR) is 109 cm³/mol. The first kappa shape index (κ1) is 24.3. The number of aryl methyl sites for hydroxylation is 1. The van der Waals surface area contributed by atoms with Gasteiger partial charge in [0.1, 0.15) is 11.6 Å². The molecular formula is C17H24BrF2N3S2. The molecule has 25 heavy (non-hydrogen) atoms. The van der Waals surface area contributed by atoms with Crippen LogP contribution in [0.2, 0.25) is 0 Å². The van der Waals surface area contributed by atoms with Gasteiger partial charge in [-0.25, -0.2) is 18.7 Å². The molecule has 8 heteroatoms. The highest BCUT2D eigenvalue weighted by Gasteiger charge is 2.01. The summed E-state index contributed by atoms with van der Waals surface area (Å²) in [7, 11) is 0. The van der Waals surface area contributed by atoms with E-state index >= 15 is 0 Å². The fourth-order valence-electron chi connectivity index (χ4n) is 1.32. The van der Waals surface area contributed by atoms with Crippen molar-refractivity contribution in [3.8, 4) is 0 Å². The van der Waals surface area contributed by atoms with Crippen LogP contribution in [-0.2, 0) is 6.54 Å². The molecule has 2 aromatic rings. The van der Waals surface area contributed by atoms with Crippen molar-refractivity contribution in [3.05, 3.63) is 51.8 Å². The van der Waals surface area contributed by atoms with Gasteiger partial charge < -0.3 is 5.73 Å². The maximum Gasteiger partial charge on any atom is 0.187 e. The second kappa shape index (κ2) is 11.8. The summed E-state index contributed by atoms with van der Waals surface area (Å²) in [5, 5.41) is 0.758. The Balaban J connectivity index is 0.000000372. The molecule has 0 aliphatic heterocycles. The van der Waals surface area contributed by atoms with Crippen molar-refractivity contribution < 1.29 is 8.78 Å². The number of aromatic nitrogens is 2. The quantitative estimate of drug-likeness (QED) is 0.364. The predicted octanol–water partition coefficient (Wildman–Crippen LogP) is 5.41. The van der Waals surface area contributed by atoms with Gasteiger partial charge >= 0.3 is 0 Å². The second-order valence-corrected chi connectivity index (χ2v) is 8.94. The number of thioether (sulfide) groups is 1. The molecule has 3 nitrogen and oxygen atoms in total. The van der Waals surface area contributed by atoms with Gasteiger partial charge in [0.05, 0.1) is 10.2 Å². The number of thiol groups is 1. The molecule has 0 amide bonds. The number of hydrogen-bond acceptors (Lipinski definition) is 5. The van der Waals surface area contributed by atoms with Crippen molar-refractivity contribution in [2.75, 3.05) is 6.26 Å². The first-order chi connectivity index (χ1) is 11.5. The molecule has 0 bridgehead atoms. The zero-order valence-corrected chi connectivity index (χ0v) is 18.3. The molecule has 0 saturated heterocycles. The van der Waals surface area contributed by atoms with Crippen LogP contribution in [0.1, 0.15) is 32.0 Å². The Bertz CT molecular complexity index is 608. The molecule has 0 aliphatic rings. The summed E-state index contributed by atoms with van der Waals surface area (Å²) < 4.78 is 25.4. The molecule has 0 spiro atoms. The van der Waals surface area contributed by atoms with Crippen LogP contribution in [0.25, 0.3) is 0 Å². The van der Waals surface area contributed by atoms with Crippen molar-refractivity contribution >= 4 is 40.3 Å². The van der Waals surface area contributed by atoms with Crippen molar-refractivity contribution in [1.29, 1.82) is 0 Å². The summed E-state index contributed by atoms with van der Waals surface area (Å²) in [4.78, 5) is 8.24. The Kier molecular flexibility index (Phi) is 11.5. The lowest BCUT2D eigenvalue weighted by Crippen LogP contribution is -2.02. The first-order valence-electron chi connectivity index (χ1n) is 7.36. The third-order valence-electron chi connectivity index (χ3n) is 2.18. The molecule has 1 aromatic heterocycles. The van der Waals surface area contributed by atoms with E-state index in [1.165, 1.54) is 23.9 Å². The van der Waals surface area contributed by atoms with Gasteiger partial charge in [-0.05, 0) is 46.8 Å². The van der Waals surface area contributed by atoms with Crippen LogP contribution in [-0.4, -0.2) is 21.0 Å². The van der Waals surface area contributed by atoms with Gasteiger partial charge in [0.15, 0.2) is 5.16 Å². The fourth-order valence-corrected chi connectivity index (χ4v) is 2.03. The van der Waals surface area contributed by atoms with Gasteiger partial charge in [-0.15, -0.1) is 0 Å². The molecule has 0 radical (unpaired) electrons. The number of hydrogen-bond donors (Lipinski definition) is 2. The van der Waals surface area contributed by atoms with E-state index < -0.39 is 11.6 Å². The van der Waals surface area contributed by atoms with Gasteiger partial charge in [-0.3, -0.25) is 0 Å². The zero-order chi connectivity index (χ0) is 19.6. The van der Waals surface area contributed by atoms with Crippen LogP contribution in [0.15, 0.2) is 34.0 Å². The van der Waals surface area contributed by atoms with E-state index in [0.29, 0.717) is 12.1 Å². The molecular weight excluding hydrogens is 428 g/mol. The largest absolute Gasteiger partial charge is 0.325 e. The Hall–Kier alpha value is -0.700. The molecule has 2 rings (SSSR count). The number of rotatable bonds is 2. The lowest BCUT2D eigenvalue weighted by Gasteiger charge is -2.04. The molecule has 140 valence electrons. The highest BCUT2D eigenvalue weighted by molar-refractivity contribution is 9.10. The summed E-state index contributed by atoms with van der Waals surface area (Å²) in [5.41, 5.74) is 6.90. The third-order valence-corrected chi connectivity index (χ3v) is 3.40. The maximum absolute atomic E-state index is 12.2. The van der Waals surface area contributed by atoms with Crippen LogP contribution in [0.4, 0.5) is 8.78 Å². The van der Waals surface area contributed by atoms with Gasteiger partial charge in [0.2, 0.25) is 0 Å². The summed E-state index contributed by atoms with van der Waals surface area (Å²) in [5.74, 6) is -1.04.